The third-order valence-electron chi connectivity index (χ3n) is 12.8. The molecule has 7 unspecified atom stereocenters. The first kappa shape index (κ1) is 61.9. The van der Waals surface area contributed by atoms with Gasteiger partial charge < -0.3 is 40.3 Å². The van der Waals surface area contributed by atoms with Crippen molar-refractivity contribution in [3.8, 4) is 0 Å². The van der Waals surface area contributed by atoms with E-state index < -0.39 is 49.5 Å². The van der Waals surface area contributed by atoms with Crippen molar-refractivity contribution < 1.29 is 39.8 Å². The van der Waals surface area contributed by atoms with Crippen molar-refractivity contribution in [2.75, 3.05) is 13.2 Å². The van der Waals surface area contributed by atoms with Crippen molar-refractivity contribution in [2.45, 2.75) is 281 Å². The van der Waals surface area contributed by atoms with E-state index in [-0.39, 0.29) is 12.5 Å². The lowest BCUT2D eigenvalue weighted by Crippen LogP contribution is -2.60. The Balaban J connectivity index is 2.28. The Morgan fingerprint density at radius 1 is 0.515 bits per heavy atom. The number of allylic oxidation sites excluding steroid dienone is 9. The van der Waals surface area contributed by atoms with Crippen LogP contribution in [0.15, 0.2) is 60.8 Å². The van der Waals surface area contributed by atoms with Gasteiger partial charge in [-0.3, -0.25) is 4.79 Å². The van der Waals surface area contributed by atoms with E-state index in [4.69, 9.17) is 9.47 Å². The standard InChI is InChI=1S/C57H103NO8/c1-3-5-7-9-11-13-15-17-19-21-23-24-25-26-27-28-29-31-33-35-37-39-41-43-45-47-53(61)58-50(49-65-57-56(64)55(63)54(62)52(48-59)66-57)51(60)46-44-42-40-38-36-34-32-30-22-20-18-16-14-12-10-8-6-4-2/h15,17,21,23,25-26,36,38,44,46,50-52,54-57,59-60,62-64H,3-14,16,18-20,22,24,27-35,37,39-43,45,47-49H2,1-2H3,(H,58,61)/b17-15-,23-21-,26-25-,38-36+,46-44+. The number of ether oxygens (including phenoxy) is 2. The van der Waals surface area contributed by atoms with E-state index in [2.05, 4.69) is 67.8 Å². The fourth-order valence-corrected chi connectivity index (χ4v) is 8.41. The van der Waals surface area contributed by atoms with E-state index in [0.717, 1.165) is 51.4 Å². The van der Waals surface area contributed by atoms with Crippen LogP contribution in [0.5, 0.6) is 0 Å². The molecule has 0 bridgehead atoms. The lowest BCUT2D eigenvalue weighted by Gasteiger charge is -2.40. The highest BCUT2D eigenvalue weighted by Gasteiger charge is 2.44. The number of carbonyl (C=O) groups excluding carboxylic acids is 1. The van der Waals surface area contributed by atoms with E-state index in [0.29, 0.717) is 6.42 Å². The number of unbranched alkanes of at least 4 members (excludes halogenated alkanes) is 28. The summed E-state index contributed by atoms with van der Waals surface area (Å²) < 4.78 is 11.2. The molecule has 0 aliphatic carbocycles. The summed E-state index contributed by atoms with van der Waals surface area (Å²) in [6.07, 6.45) is 55.6. The molecule has 1 fully saturated rings. The molecule has 0 aromatic heterocycles. The van der Waals surface area contributed by atoms with Gasteiger partial charge in [0, 0.05) is 6.42 Å². The average molecular weight is 930 g/mol. The number of hydrogen-bond acceptors (Lipinski definition) is 8. The molecule has 9 heteroatoms. The maximum atomic E-state index is 13.0. The smallest absolute Gasteiger partial charge is 0.220 e. The fourth-order valence-electron chi connectivity index (χ4n) is 8.41. The molecule has 1 heterocycles. The summed E-state index contributed by atoms with van der Waals surface area (Å²) in [7, 11) is 0. The summed E-state index contributed by atoms with van der Waals surface area (Å²) >= 11 is 0. The first-order valence-electron chi connectivity index (χ1n) is 27.5. The van der Waals surface area contributed by atoms with Gasteiger partial charge in [-0.05, 0) is 70.6 Å². The largest absolute Gasteiger partial charge is 0.394 e. The maximum Gasteiger partial charge on any atom is 0.220 e. The number of amides is 1. The van der Waals surface area contributed by atoms with Crippen molar-refractivity contribution in [1.82, 2.24) is 5.32 Å². The van der Waals surface area contributed by atoms with Gasteiger partial charge in [0.25, 0.3) is 0 Å². The molecule has 0 aromatic carbocycles. The molecular weight excluding hydrogens is 827 g/mol. The zero-order valence-corrected chi connectivity index (χ0v) is 42.4. The zero-order valence-electron chi connectivity index (χ0n) is 42.4. The Morgan fingerprint density at radius 2 is 0.909 bits per heavy atom. The van der Waals surface area contributed by atoms with Crippen LogP contribution < -0.4 is 5.32 Å². The van der Waals surface area contributed by atoms with E-state index in [1.165, 1.54) is 167 Å². The molecule has 66 heavy (non-hydrogen) atoms. The maximum absolute atomic E-state index is 13.0. The highest BCUT2D eigenvalue weighted by Crippen LogP contribution is 2.23. The molecule has 1 amide bonds. The van der Waals surface area contributed by atoms with Crippen molar-refractivity contribution in [3.05, 3.63) is 60.8 Å². The van der Waals surface area contributed by atoms with Gasteiger partial charge in [0.05, 0.1) is 25.4 Å². The molecule has 1 aliphatic heterocycles. The minimum absolute atomic E-state index is 0.191. The number of carbonyl (C=O) groups is 1. The van der Waals surface area contributed by atoms with Gasteiger partial charge in [0.15, 0.2) is 6.29 Å². The predicted octanol–water partition coefficient (Wildman–Crippen LogP) is 13.1. The predicted molar refractivity (Wildman–Crippen MR) is 276 cm³/mol. The molecular formula is C57H103NO8. The van der Waals surface area contributed by atoms with Crippen LogP contribution in [-0.4, -0.2) is 87.5 Å². The minimum atomic E-state index is -1.57. The van der Waals surface area contributed by atoms with Crippen LogP contribution in [0, 0.1) is 0 Å². The van der Waals surface area contributed by atoms with Gasteiger partial charge in [0.2, 0.25) is 5.91 Å². The summed E-state index contributed by atoms with van der Waals surface area (Å²) in [4.78, 5) is 13.0. The summed E-state index contributed by atoms with van der Waals surface area (Å²) in [5.41, 5.74) is 0. The molecule has 0 radical (unpaired) electrons. The lowest BCUT2D eigenvalue weighted by atomic mass is 9.99. The highest BCUT2D eigenvalue weighted by atomic mass is 16.7. The normalized spacial score (nSPS) is 20.3. The van der Waals surface area contributed by atoms with Crippen LogP contribution >= 0.6 is 0 Å². The topological polar surface area (TPSA) is 149 Å². The van der Waals surface area contributed by atoms with Crippen LogP contribution in [0.3, 0.4) is 0 Å². The van der Waals surface area contributed by atoms with Crippen LogP contribution in [-0.2, 0) is 14.3 Å². The molecule has 6 N–H and O–H groups in total. The number of nitrogens with one attached hydrogen (secondary N) is 1. The van der Waals surface area contributed by atoms with Crippen molar-refractivity contribution >= 4 is 5.91 Å². The number of rotatable bonds is 46. The van der Waals surface area contributed by atoms with Gasteiger partial charge in [-0.25, -0.2) is 0 Å². The average Bonchev–Trinajstić information content (AvgIpc) is 3.32. The Hall–Kier alpha value is -2.11. The SMILES string of the molecule is CCCCCCC/C=C\C/C=C\C/C=C\CCCCCCCCCCCCC(=O)NC(COC1OC(CO)C(O)C(O)C1O)C(O)/C=C/CC/C=C/CCCCCCCCCCCCCC. The van der Waals surface area contributed by atoms with Crippen LogP contribution in [0.4, 0.5) is 0 Å². The molecule has 7 atom stereocenters. The van der Waals surface area contributed by atoms with Gasteiger partial charge in [-0.15, -0.1) is 0 Å². The van der Waals surface area contributed by atoms with Gasteiger partial charge >= 0.3 is 0 Å². The third kappa shape index (κ3) is 36.0. The Kier molecular flexibility index (Phi) is 43.7. The molecule has 0 spiro atoms. The molecule has 1 saturated heterocycles. The highest BCUT2D eigenvalue weighted by molar-refractivity contribution is 5.76. The second kappa shape index (κ2) is 46.6. The molecule has 0 saturated carbocycles. The number of aliphatic hydroxyl groups is 5. The summed E-state index contributed by atoms with van der Waals surface area (Å²) in [6.45, 7) is 3.76. The third-order valence-corrected chi connectivity index (χ3v) is 12.8. The fraction of sp³-hybridized carbons (Fsp3) is 0.807. The first-order chi connectivity index (χ1) is 32.3. The number of hydrogen-bond donors (Lipinski definition) is 6. The van der Waals surface area contributed by atoms with E-state index in [9.17, 15) is 30.3 Å². The Morgan fingerprint density at radius 3 is 1.38 bits per heavy atom. The van der Waals surface area contributed by atoms with E-state index in [1.54, 1.807) is 6.08 Å². The number of aliphatic hydroxyl groups excluding tert-OH is 5. The Labute approximate surface area is 405 Å². The molecule has 9 nitrogen and oxygen atoms in total. The zero-order chi connectivity index (χ0) is 48.0. The van der Waals surface area contributed by atoms with Crippen molar-refractivity contribution in [3.63, 3.8) is 0 Å². The summed E-state index contributed by atoms with van der Waals surface area (Å²) in [6, 6.07) is -0.826. The van der Waals surface area contributed by atoms with Crippen molar-refractivity contribution in [2.24, 2.45) is 0 Å². The van der Waals surface area contributed by atoms with Gasteiger partial charge in [-0.2, -0.15) is 0 Å². The minimum Gasteiger partial charge on any atom is -0.394 e. The van der Waals surface area contributed by atoms with E-state index >= 15 is 0 Å². The molecule has 1 rings (SSSR count). The molecule has 0 aromatic rings. The van der Waals surface area contributed by atoms with Crippen LogP contribution in [0.25, 0.3) is 0 Å². The van der Waals surface area contributed by atoms with Crippen molar-refractivity contribution in [1.29, 1.82) is 0 Å². The quantitative estimate of drug-likeness (QED) is 0.0261. The van der Waals surface area contributed by atoms with E-state index in [1.807, 2.05) is 6.08 Å². The lowest BCUT2D eigenvalue weighted by molar-refractivity contribution is -0.302. The first-order valence-corrected chi connectivity index (χ1v) is 27.5. The summed E-state index contributed by atoms with van der Waals surface area (Å²) in [5.74, 6) is -0.191. The summed E-state index contributed by atoms with van der Waals surface area (Å²) in [5, 5.41) is 54.4. The Bertz CT molecular complexity index is 1220. The van der Waals surface area contributed by atoms with Gasteiger partial charge in [-0.1, -0.05) is 222 Å². The molecule has 1 aliphatic rings. The second-order valence-corrected chi connectivity index (χ2v) is 19.0. The second-order valence-electron chi connectivity index (χ2n) is 19.0. The monoisotopic (exact) mass is 930 g/mol. The van der Waals surface area contributed by atoms with Crippen LogP contribution in [0.1, 0.15) is 239 Å². The van der Waals surface area contributed by atoms with Gasteiger partial charge in [0.1, 0.15) is 24.4 Å². The van der Waals surface area contributed by atoms with Crippen LogP contribution in [0.2, 0.25) is 0 Å². The molecule has 384 valence electrons.